The predicted octanol–water partition coefficient (Wildman–Crippen LogP) is 1.62. The summed E-state index contributed by atoms with van der Waals surface area (Å²) in [5, 5.41) is 2.98. The van der Waals surface area contributed by atoms with Gasteiger partial charge in [0.15, 0.2) is 0 Å². The van der Waals surface area contributed by atoms with Gasteiger partial charge >= 0.3 is 0 Å². The van der Waals surface area contributed by atoms with Crippen molar-refractivity contribution < 1.29 is 37.1 Å². The van der Waals surface area contributed by atoms with Gasteiger partial charge in [-0.1, -0.05) is 18.2 Å². The van der Waals surface area contributed by atoms with Crippen molar-refractivity contribution in [2.24, 2.45) is 4.99 Å². The zero-order valence-corrected chi connectivity index (χ0v) is 12.1. The Morgan fingerprint density at radius 1 is 1.35 bits per heavy atom. The van der Waals surface area contributed by atoms with Crippen LogP contribution in [0.25, 0.3) is 0 Å². The molecule has 2 N–H and O–H groups in total. The van der Waals surface area contributed by atoms with Crippen molar-refractivity contribution in [1.29, 1.82) is 0 Å². The van der Waals surface area contributed by atoms with Gasteiger partial charge in [-0.25, -0.2) is 4.39 Å². The number of rotatable bonds is 2. The topological polar surface area (TPSA) is 53.1 Å². The minimum absolute atomic E-state index is 0. The maximum absolute atomic E-state index is 13.0. The van der Waals surface area contributed by atoms with Crippen molar-refractivity contribution in [2.75, 3.05) is 12.4 Å². The summed E-state index contributed by atoms with van der Waals surface area (Å²) in [6, 6.07) is 9.44. The van der Waals surface area contributed by atoms with Gasteiger partial charge in [0.1, 0.15) is 0 Å². The molecule has 0 spiro atoms. The second-order valence-electron chi connectivity index (χ2n) is 3.07. The number of aromatic amines is 1. The summed E-state index contributed by atoms with van der Waals surface area (Å²) in [5.41, 5.74) is 0.974. The molecule has 2 rings (SSSR count). The molecule has 0 fully saturated rings. The van der Waals surface area contributed by atoms with Crippen molar-refractivity contribution in [3.8, 4) is 0 Å². The smallest absolute Gasteiger partial charge is 0.0915 e. The first-order valence-electron chi connectivity index (χ1n) is 4.72. The van der Waals surface area contributed by atoms with Gasteiger partial charge in [0, 0.05) is 45.4 Å². The molecule has 0 atom stereocenters. The normalized spacial score (nSPS) is 10.8. The summed E-state index contributed by atoms with van der Waals surface area (Å²) in [6.45, 7) is 0. The third kappa shape index (κ3) is 3.71. The molecule has 0 aliphatic carbocycles. The van der Waals surface area contributed by atoms with E-state index < -0.39 is 5.82 Å². The molecule has 0 aliphatic heterocycles. The molecule has 0 amide bonds. The molecule has 6 heteroatoms. The van der Waals surface area contributed by atoms with Crippen molar-refractivity contribution in [3.05, 3.63) is 47.8 Å². The number of halogens is 1. The number of hydrogen-bond acceptors (Lipinski definition) is 3. The fourth-order valence-corrected chi connectivity index (χ4v) is 1.22. The Labute approximate surface area is 123 Å². The van der Waals surface area contributed by atoms with Crippen LogP contribution in [-0.4, -0.2) is 17.0 Å². The van der Waals surface area contributed by atoms with Crippen LogP contribution in [0.1, 0.15) is 0 Å². The summed E-state index contributed by atoms with van der Waals surface area (Å²) in [4.78, 5) is 10.2. The van der Waals surface area contributed by atoms with Gasteiger partial charge < -0.3 is 20.3 Å². The first kappa shape index (κ1) is 14.0. The minimum atomic E-state index is -0.596. The molecular formula is C11H10FN4Y-. The average Bonchev–Trinajstić information content (AvgIpc) is 2.33. The first-order chi connectivity index (χ1) is 7.79. The molecule has 0 unspecified atom stereocenters. The zero-order chi connectivity index (χ0) is 11.4. The summed E-state index contributed by atoms with van der Waals surface area (Å²) in [7, 11) is 1.50. The Morgan fingerprint density at radius 3 is 2.71 bits per heavy atom. The molecule has 85 valence electrons. The van der Waals surface area contributed by atoms with E-state index in [4.69, 9.17) is 0 Å². The van der Waals surface area contributed by atoms with E-state index in [-0.39, 0.29) is 38.2 Å². The van der Waals surface area contributed by atoms with Crippen molar-refractivity contribution in [2.45, 2.75) is 0 Å². The number of aromatic nitrogens is 2. The standard InChI is InChI=1S/C11H10FN4.Y/c1-13-10-9(12)7-14-11(16-10)15-8-5-3-2-4-6-8;/h2-6H,1H3,(H2,13,14,15,16);/q-1;. The predicted molar refractivity (Wildman–Crippen MR) is 58.6 cm³/mol. The van der Waals surface area contributed by atoms with Gasteiger partial charge in [-0.15, -0.1) is 0 Å². The third-order valence-corrected chi connectivity index (χ3v) is 1.97. The van der Waals surface area contributed by atoms with Crippen LogP contribution in [-0.2, 0) is 32.7 Å². The van der Waals surface area contributed by atoms with E-state index in [2.05, 4.69) is 26.5 Å². The molecule has 0 saturated heterocycles. The van der Waals surface area contributed by atoms with Crippen LogP contribution < -0.4 is 10.8 Å². The SMILES string of the molecule is CN=c1[nH]c(Nc2ccccc2)n[c-]c1F.[Y]. The Balaban J connectivity index is 0.00000144. The molecule has 1 aromatic heterocycles. The maximum atomic E-state index is 13.0. The molecule has 1 heterocycles. The largest absolute Gasteiger partial charge is 0.415 e. The van der Waals surface area contributed by atoms with Gasteiger partial charge in [-0.05, 0) is 18.3 Å². The zero-order valence-electron chi connectivity index (χ0n) is 9.24. The minimum Gasteiger partial charge on any atom is -0.415 e. The number of para-hydroxylation sites is 1. The second kappa shape index (κ2) is 6.62. The van der Waals surface area contributed by atoms with Crippen molar-refractivity contribution in [1.82, 2.24) is 9.97 Å². The number of nitrogens with one attached hydrogen (secondary N) is 2. The molecule has 0 saturated carbocycles. The van der Waals surface area contributed by atoms with E-state index in [0.29, 0.717) is 5.95 Å². The molecular weight excluding hydrogens is 296 g/mol. The summed E-state index contributed by atoms with van der Waals surface area (Å²) in [5.74, 6) is -0.200. The number of hydrogen-bond donors (Lipinski definition) is 2. The molecule has 4 nitrogen and oxygen atoms in total. The van der Waals surface area contributed by atoms with Crippen LogP contribution in [0.4, 0.5) is 16.0 Å². The van der Waals surface area contributed by atoms with E-state index >= 15 is 0 Å². The van der Waals surface area contributed by atoms with E-state index in [1.54, 1.807) is 0 Å². The van der Waals surface area contributed by atoms with Crippen LogP contribution in [0.5, 0.6) is 0 Å². The monoisotopic (exact) mass is 306 g/mol. The van der Waals surface area contributed by atoms with Gasteiger partial charge in [0.2, 0.25) is 0 Å². The van der Waals surface area contributed by atoms with Gasteiger partial charge in [0.25, 0.3) is 0 Å². The van der Waals surface area contributed by atoms with Crippen LogP contribution >= 0.6 is 0 Å². The maximum Gasteiger partial charge on any atom is 0.0915 e. The number of H-pyrrole nitrogens is 1. The van der Waals surface area contributed by atoms with Crippen LogP contribution in [0.2, 0.25) is 0 Å². The van der Waals surface area contributed by atoms with E-state index in [9.17, 15) is 4.39 Å². The summed E-state index contributed by atoms with van der Waals surface area (Å²) in [6.07, 6.45) is 2.24. The molecule has 17 heavy (non-hydrogen) atoms. The van der Waals surface area contributed by atoms with Gasteiger partial charge in [-0.3, -0.25) is 0 Å². The Morgan fingerprint density at radius 2 is 2.06 bits per heavy atom. The van der Waals surface area contributed by atoms with Crippen LogP contribution in [0.3, 0.4) is 0 Å². The van der Waals surface area contributed by atoms with E-state index in [1.807, 2.05) is 30.3 Å². The van der Waals surface area contributed by atoms with Gasteiger partial charge in [-0.2, -0.15) is 0 Å². The van der Waals surface area contributed by atoms with Gasteiger partial charge in [0.05, 0.1) is 17.3 Å². The number of nitrogens with zero attached hydrogens (tertiary/aromatic N) is 2. The fraction of sp³-hybridized carbons (Fsp3) is 0.0909. The summed E-state index contributed by atoms with van der Waals surface area (Å²) < 4.78 is 13.0. The van der Waals surface area contributed by atoms with Crippen LogP contribution in [0.15, 0.2) is 35.3 Å². The van der Waals surface area contributed by atoms with Crippen molar-refractivity contribution in [3.63, 3.8) is 0 Å². The molecule has 1 radical (unpaired) electrons. The van der Waals surface area contributed by atoms with Crippen LogP contribution in [0, 0.1) is 12.0 Å². The average molecular weight is 306 g/mol. The Kier molecular flexibility index (Phi) is 5.45. The molecule has 0 aliphatic rings. The van der Waals surface area contributed by atoms with E-state index in [0.717, 1.165) is 5.69 Å². The molecule has 0 bridgehead atoms. The second-order valence-corrected chi connectivity index (χ2v) is 3.07. The fourth-order valence-electron chi connectivity index (χ4n) is 1.22. The third-order valence-electron chi connectivity index (χ3n) is 1.97. The quantitative estimate of drug-likeness (QED) is 0.829. The Bertz CT molecular complexity index is 539. The first-order valence-corrected chi connectivity index (χ1v) is 4.72. The molecule has 1 aromatic carbocycles. The van der Waals surface area contributed by atoms with Crippen molar-refractivity contribution >= 4 is 11.6 Å². The summed E-state index contributed by atoms with van der Waals surface area (Å²) >= 11 is 0. The number of benzene rings is 1. The Hall–Kier alpha value is -1.07. The molecule has 2 aromatic rings. The van der Waals surface area contributed by atoms with E-state index in [1.165, 1.54) is 7.05 Å². The number of anilines is 2.